The van der Waals surface area contributed by atoms with Gasteiger partial charge in [0.25, 0.3) is 0 Å². The average molecular weight is 304 g/mol. The molecule has 0 saturated carbocycles. The van der Waals surface area contributed by atoms with E-state index >= 15 is 0 Å². The van der Waals surface area contributed by atoms with E-state index in [1.807, 2.05) is 23.6 Å². The number of hydrogen-bond donors (Lipinski definition) is 0. The van der Waals surface area contributed by atoms with E-state index in [2.05, 4.69) is 4.98 Å². The molecule has 0 aliphatic carbocycles. The predicted octanol–water partition coefficient (Wildman–Crippen LogP) is 2.49. The van der Waals surface area contributed by atoms with Crippen LogP contribution in [0.5, 0.6) is 11.5 Å². The van der Waals surface area contributed by atoms with Crippen molar-refractivity contribution in [1.82, 2.24) is 9.88 Å². The van der Waals surface area contributed by atoms with Gasteiger partial charge in [-0.25, -0.2) is 9.78 Å². The number of thiazole rings is 1. The molecule has 0 atom stereocenters. The quantitative estimate of drug-likeness (QED) is 0.872. The van der Waals surface area contributed by atoms with Crippen molar-refractivity contribution in [3.63, 3.8) is 0 Å². The Bertz CT molecular complexity index is 700. The van der Waals surface area contributed by atoms with Gasteiger partial charge in [0.15, 0.2) is 11.5 Å². The Hall–Kier alpha value is -2.28. The van der Waals surface area contributed by atoms with Gasteiger partial charge in [-0.1, -0.05) is 0 Å². The molecule has 0 spiro atoms. The van der Waals surface area contributed by atoms with Gasteiger partial charge in [0.05, 0.1) is 18.8 Å². The largest absolute Gasteiger partial charge is 0.454 e. The van der Waals surface area contributed by atoms with Gasteiger partial charge in [0, 0.05) is 10.9 Å². The van der Waals surface area contributed by atoms with E-state index in [-0.39, 0.29) is 12.9 Å². The van der Waals surface area contributed by atoms with Gasteiger partial charge in [0.2, 0.25) is 6.79 Å². The normalized spacial score (nSPS) is 16.4. The topological polar surface area (TPSA) is 60.9 Å². The molecule has 6 nitrogen and oxygen atoms in total. The van der Waals surface area contributed by atoms with Gasteiger partial charge >= 0.3 is 6.09 Å². The van der Waals surface area contributed by atoms with E-state index in [9.17, 15) is 4.79 Å². The molecule has 4 rings (SSSR count). The number of cyclic esters (lactones) is 1. The first-order chi connectivity index (χ1) is 10.3. The number of hydrogen-bond acceptors (Lipinski definition) is 6. The lowest BCUT2D eigenvalue weighted by atomic mass is 10.1. The van der Waals surface area contributed by atoms with E-state index < -0.39 is 0 Å². The maximum absolute atomic E-state index is 11.4. The Kier molecular flexibility index (Phi) is 2.92. The van der Waals surface area contributed by atoms with Crippen LogP contribution in [0.15, 0.2) is 23.6 Å². The van der Waals surface area contributed by atoms with Crippen molar-refractivity contribution in [2.75, 3.05) is 19.9 Å². The zero-order chi connectivity index (χ0) is 14.2. The summed E-state index contributed by atoms with van der Waals surface area (Å²) >= 11 is 1.53. The zero-order valence-electron chi connectivity index (χ0n) is 11.1. The highest BCUT2D eigenvalue weighted by atomic mass is 32.1. The minimum absolute atomic E-state index is 0.262. The number of carbonyl (C=O) groups is 1. The van der Waals surface area contributed by atoms with Gasteiger partial charge in [-0.15, -0.1) is 11.3 Å². The first-order valence-electron chi connectivity index (χ1n) is 6.56. The highest BCUT2D eigenvalue weighted by Gasteiger charge is 2.23. The second kappa shape index (κ2) is 4.92. The third-order valence-corrected chi connectivity index (χ3v) is 4.22. The fourth-order valence-electron chi connectivity index (χ4n) is 2.30. The predicted molar refractivity (Wildman–Crippen MR) is 75.4 cm³/mol. The van der Waals surface area contributed by atoms with E-state index in [0.717, 1.165) is 27.8 Å². The fraction of sp³-hybridized carbons (Fsp3) is 0.286. The maximum Gasteiger partial charge on any atom is 0.410 e. The standard InChI is InChI=1S/C14H12N2O4S/c17-14-16(3-4-18-14)6-13-15-10(7-21-13)9-1-2-11-12(5-9)20-8-19-11/h1-2,5,7H,3-4,6,8H2. The average Bonchev–Trinajstić information content (AvgIpc) is 3.20. The molecule has 3 heterocycles. The highest BCUT2D eigenvalue weighted by Crippen LogP contribution is 2.36. The van der Waals surface area contributed by atoms with Crippen LogP contribution >= 0.6 is 11.3 Å². The molecule has 2 aliphatic rings. The van der Waals surface area contributed by atoms with Gasteiger partial charge in [0.1, 0.15) is 11.6 Å². The third-order valence-electron chi connectivity index (χ3n) is 3.39. The molecule has 0 N–H and O–H groups in total. The summed E-state index contributed by atoms with van der Waals surface area (Å²) in [6, 6.07) is 5.76. The van der Waals surface area contributed by atoms with Crippen LogP contribution in [-0.4, -0.2) is 35.9 Å². The summed E-state index contributed by atoms with van der Waals surface area (Å²) in [5.74, 6) is 1.50. The summed E-state index contributed by atoms with van der Waals surface area (Å²) in [5.41, 5.74) is 1.85. The van der Waals surface area contributed by atoms with Gasteiger partial charge in [-0.2, -0.15) is 0 Å². The van der Waals surface area contributed by atoms with Crippen molar-refractivity contribution < 1.29 is 19.0 Å². The smallest absolute Gasteiger partial charge is 0.410 e. The number of rotatable bonds is 3. The monoisotopic (exact) mass is 304 g/mol. The van der Waals surface area contributed by atoms with Crippen molar-refractivity contribution in [2.45, 2.75) is 6.54 Å². The van der Waals surface area contributed by atoms with Crippen LogP contribution < -0.4 is 9.47 Å². The number of benzene rings is 1. The van der Waals surface area contributed by atoms with Crippen molar-refractivity contribution in [2.24, 2.45) is 0 Å². The number of carbonyl (C=O) groups excluding carboxylic acids is 1. The molecule has 21 heavy (non-hydrogen) atoms. The Labute approximate surface area is 124 Å². The molecule has 1 fully saturated rings. The number of fused-ring (bicyclic) bond motifs is 1. The summed E-state index contributed by atoms with van der Waals surface area (Å²) < 4.78 is 15.6. The van der Waals surface area contributed by atoms with Crippen molar-refractivity contribution >= 4 is 17.4 Å². The number of nitrogens with zero attached hydrogens (tertiary/aromatic N) is 2. The van der Waals surface area contributed by atoms with E-state index in [1.54, 1.807) is 4.90 Å². The van der Waals surface area contributed by atoms with Crippen molar-refractivity contribution in [3.05, 3.63) is 28.6 Å². The molecule has 108 valence electrons. The number of ether oxygens (including phenoxy) is 3. The van der Waals surface area contributed by atoms with Gasteiger partial charge < -0.3 is 14.2 Å². The molecule has 1 saturated heterocycles. The molecule has 0 radical (unpaired) electrons. The van der Waals surface area contributed by atoms with Crippen molar-refractivity contribution in [1.29, 1.82) is 0 Å². The van der Waals surface area contributed by atoms with Gasteiger partial charge in [-0.05, 0) is 18.2 Å². The molecular formula is C14H12N2O4S. The van der Waals surface area contributed by atoms with E-state index in [1.165, 1.54) is 11.3 Å². The molecule has 0 bridgehead atoms. The lowest BCUT2D eigenvalue weighted by molar-refractivity contribution is 0.157. The fourth-order valence-corrected chi connectivity index (χ4v) is 3.12. The first kappa shape index (κ1) is 12.5. The second-order valence-corrected chi connectivity index (χ2v) is 5.67. The number of aromatic nitrogens is 1. The van der Waals surface area contributed by atoms with E-state index in [4.69, 9.17) is 14.2 Å². The first-order valence-corrected chi connectivity index (χ1v) is 7.44. The lowest BCUT2D eigenvalue weighted by Crippen LogP contribution is -2.23. The third kappa shape index (κ3) is 2.29. The Balaban J connectivity index is 1.55. The summed E-state index contributed by atoms with van der Waals surface area (Å²) in [6.45, 7) is 1.84. The summed E-state index contributed by atoms with van der Waals surface area (Å²) in [6.07, 6.45) is -0.269. The van der Waals surface area contributed by atoms with Crippen LogP contribution in [0, 0.1) is 0 Å². The Morgan fingerprint density at radius 2 is 2.14 bits per heavy atom. The van der Waals surface area contributed by atoms with Crippen LogP contribution in [0.1, 0.15) is 5.01 Å². The maximum atomic E-state index is 11.4. The van der Waals surface area contributed by atoms with Crippen LogP contribution in [0.4, 0.5) is 4.79 Å². The van der Waals surface area contributed by atoms with Crippen LogP contribution in [0.2, 0.25) is 0 Å². The highest BCUT2D eigenvalue weighted by molar-refractivity contribution is 7.09. The minimum atomic E-state index is -0.269. The summed E-state index contributed by atoms with van der Waals surface area (Å²) in [7, 11) is 0. The lowest BCUT2D eigenvalue weighted by Gasteiger charge is -2.09. The molecule has 2 aliphatic heterocycles. The molecular weight excluding hydrogens is 292 g/mol. The molecule has 1 aromatic heterocycles. The SMILES string of the molecule is O=C1OCCN1Cc1nc(-c2ccc3c(c2)OCO3)cs1. The van der Waals surface area contributed by atoms with Crippen molar-refractivity contribution in [3.8, 4) is 22.8 Å². The Morgan fingerprint density at radius 3 is 3.00 bits per heavy atom. The van der Waals surface area contributed by atoms with Crippen LogP contribution in [0.25, 0.3) is 11.3 Å². The number of amides is 1. The molecule has 1 aromatic carbocycles. The van der Waals surface area contributed by atoms with Crippen LogP contribution in [-0.2, 0) is 11.3 Å². The second-order valence-electron chi connectivity index (χ2n) is 4.73. The molecule has 2 aromatic rings. The molecule has 0 unspecified atom stereocenters. The van der Waals surface area contributed by atoms with Crippen LogP contribution in [0.3, 0.4) is 0 Å². The van der Waals surface area contributed by atoms with Gasteiger partial charge in [-0.3, -0.25) is 4.90 Å². The molecule has 1 amide bonds. The molecule has 7 heteroatoms. The zero-order valence-corrected chi connectivity index (χ0v) is 11.9. The summed E-state index contributed by atoms with van der Waals surface area (Å²) in [5, 5.41) is 2.87. The van der Waals surface area contributed by atoms with E-state index in [0.29, 0.717) is 19.7 Å². The summed E-state index contributed by atoms with van der Waals surface area (Å²) in [4.78, 5) is 17.7. The minimum Gasteiger partial charge on any atom is -0.454 e. The Morgan fingerprint density at radius 1 is 1.24 bits per heavy atom.